The van der Waals surface area contributed by atoms with E-state index in [1.165, 1.54) is 116 Å². The molecule has 0 heterocycles. The van der Waals surface area contributed by atoms with Gasteiger partial charge in [-0.1, -0.05) is 129 Å². The minimum atomic E-state index is 0. The van der Waals surface area contributed by atoms with Crippen LogP contribution >= 0.6 is 0 Å². The van der Waals surface area contributed by atoms with Crippen LogP contribution in [-0.4, -0.2) is 18.9 Å². The van der Waals surface area contributed by atoms with E-state index >= 15 is 0 Å². The Bertz CT molecular complexity index is 138. The Labute approximate surface area is 148 Å². The third-order valence-corrected chi connectivity index (χ3v) is 4.46. The quantitative estimate of drug-likeness (QED) is 0.193. The van der Waals surface area contributed by atoms with Gasteiger partial charge in [-0.25, -0.2) is 0 Å². The molecule has 0 fully saturated rings. The molecule has 0 unspecified atom stereocenters. The van der Waals surface area contributed by atoms with E-state index < -0.39 is 0 Å². The molecule has 0 saturated carbocycles. The van der Waals surface area contributed by atoms with Crippen LogP contribution in [0, 0.1) is 0 Å². The monoisotopic (exact) mass is 290 g/mol. The molecule has 0 aliphatic heterocycles. The molecule has 1 heteroatoms. The summed E-state index contributed by atoms with van der Waals surface area (Å²) in [7, 11) is 0. The first-order chi connectivity index (χ1) is 9.91. The molecule has 0 atom stereocenters. The second kappa shape index (κ2) is 22.9. The van der Waals surface area contributed by atoms with E-state index in [2.05, 4.69) is 13.8 Å². The summed E-state index contributed by atoms with van der Waals surface area (Å²) in [4.78, 5) is 0. The summed E-state index contributed by atoms with van der Waals surface area (Å²) < 4.78 is 0. The zero-order valence-corrected chi connectivity index (χ0v) is 14.7. The summed E-state index contributed by atoms with van der Waals surface area (Å²) in [6.07, 6.45) is 26.4. The fraction of sp³-hybridized carbons (Fsp3) is 1.00. The second-order valence-corrected chi connectivity index (χ2v) is 6.66. The van der Waals surface area contributed by atoms with Crippen LogP contribution in [0.2, 0.25) is 0 Å². The molecular formula is C20H43Li. The van der Waals surface area contributed by atoms with E-state index in [1.807, 2.05) is 0 Å². The first-order valence-electron chi connectivity index (χ1n) is 9.91. The SMILES string of the molecule is CCCCCCCCCCCCCCCCCCCC.[LiH]. The van der Waals surface area contributed by atoms with Crippen molar-refractivity contribution in [2.75, 3.05) is 0 Å². The minimum absolute atomic E-state index is 0. The van der Waals surface area contributed by atoms with Crippen LogP contribution < -0.4 is 0 Å². The van der Waals surface area contributed by atoms with Crippen molar-refractivity contribution in [3.05, 3.63) is 0 Å². The van der Waals surface area contributed by atoms with Gasteiger partial charge in [0.05, 0.1) is 0 Å². The first-order valence-corrected chi connectivity index (χ1v) is 9.91. The molecular weight excluding hydrogens is 247 g/mol. The molecule has 0 rings (SSSR count). The van der Waals surface area contributed by atoms with Crippen molar-refractivity contribution in [2.24, 2.45) is 0 Å². The molecule has 0 aromatic carbocycles. The van der Waals surface area contributed by atoms with Gasteiger partial charge >= 0.3 is 18.9 Å². The van der Waals surface area contributed by atoms with Crippen molar-refractivity contribution >= 4 is 18.9 Å². The third kappa shape index (κ3) is 23.0. The van der Waals surface area contributed by atoms with E-state index in [0.29, 0.717) is 0 Å². The van der Waals surface area contributed by atoms with E-state index in [-0.39, 0.29) is 18.9 Å². The summed E-state index contributed by atoms with van der Waals surface area (Å²) in [5.41, 5.74) is 0. The molecule has 0 nitrogen and oxygen atoms in total. The number of unbranched alkanes of at least 4 members (excludes halogenated alkanes) is 17. The van der Waals surface area contributed by atoms with Crippen molar-refractivity contribution in [1.82, 2.24) is 0 Å². The van der Waals surface area contributed by atoms with Crippen molar-refractivity contribution in [3.63, 3.8) is 0 Å². The maximum absolute atomic E-state index is 2.30. The van der Waals surface area contributed by atoms with Gasteiger partial charge in [-0.3, -0.25) is 0 Å². The van der Waals surface area contributed by atoms with Crippen molar-refractivity contribution in [2.45, 2.75) is 129 Å². The zero-order valence-electron chi connectivity index (χ0n) is 14.7. The van der Waals surface area contributed by atoms with Crippen molar-refractivity contribution < 1.29 is 0 Å². The molecule has 21 heavy (non-hydrogen) atoms. The van der Waals surface area contributed by atoms with Crippen LogP contribution in [0.4, 0.5) is 0 Å². The van der Waals surface area contributed by atoms with E-state index in [4.69, 9.17) is 0 Å². The Kier molecular flexibility index (Phi) is 26.0. The van der Waals surface area contributed by atoms with Crippen LogP contribution in [0.15, 0.2) is 0 Å². The standard InChI is InChI=1S/C20H42.Li.H/c1-3-5-7-9-11-13-15-17-19-20-18-16-14-12-10-8-6-4-2;;/h3-20H2,1-2H3;;. The third-order valence-electron chi connectivity index (χ3n) is 4.46. The van der Waals surface area contributed by atoms with Gasteiger partial charge in [0, 0.05) is 0 Å². The zero-order chi connectivity index (χ0) is 14.7. The van der Waals surface area contributed by atoms with Gasteiger partial charge in [0.2, 0.25) is 0 Å². The van der Waals surface area contributed by atoms with Crippen LogP contribution in [-0.2, 0) is 0 Å². The fourth-order valence-corrected chi connectivity index (χ4v) is 2.97. The van der Waals surface area contributed by atoms with Crippen LogP contribution in [0.1, 0.15) is 129 Å². The molecule has 0 aliphatic carbocycles. The van der Waals surface area contributed by atoms with Crippen LogP contribution in [0.5, 0.6) is 0 Å². The van der Waals surface area contributed by atoms with E-state index in [1.54, 1.807) is 0 Å². The predicted octanol–water partition coefficient (Wildman–Crippen LogP) is 7.40. The Morgan fingerprint density at radius 2 is 0.429 bits per heavy atom. The molecule has 0 radical (unpaired) electrons. The van der Waals surface area contributed by atoms with Gasteiger partial charge in [-0.2, -0.15) is 0 Å². The van der Waals surface area contributed by atoms with Gasteiger partial charge in [0.15, 0.2) is 0 Å². The van der Waals surface area contributed by atoms with Gasteiger partial charge in [-0.05, 0) is 0 Å². The maximum atomic E-state index is 2.30. The van der Waals surface area contributed by atoms with Gasteiger partial charge in [-0.15, -0.1) is 0 Å². The molecule has 0 aromatic rings. The van der Waals surface area contributed by atoms with Gasteiger partial charge in [0.25, 0.3) is 0 Å². The Morgan fingerprint density at radius 1 is 0.286 bits per heavy atom. The summed E-state index contributed by atoms with van der Waals surface area (Å²) >= 11 is 0. The number of hydrogen-bond acceptors (Lipinski definition) is 0. The van der Waals surface area contributed by atoms with Crippen molar-refractivity contribution in [1.29, 1.82) is 0 Å². The topological polar surface area (TPSA) is 0 Å². The number of rotatable bonds is 17. The summed E-state index contributed by atoms with van der Waals surface area (Å²) in [5, 5.41) is 0. The summed E-state index contributed by atoms with van der Waals surface area (Å²) in [6.45, 7) is 4.59. The predicted molar refractivity (Wildman–Crippen MR) is 102 cm³/mol. The second-order valence-electron chi connectivity index (χ2n) is 6.66. The summed E-state index contributed by atoms with van der Waals surface area (Å²) in [5.74, 6) is 0. The van der Waals surface area contributed by atoms with Gasteiger partial charge in [0.1, 0.15) is 0 Å². The van der Waals surface area contributed by atoms with Crippen LogP contribution in [0.3, 0.4) is 0 Å². The fourth-order valence-electron chi connectivity index (χ4n) is 2.97. The molecule has 0 N–H and O–H groups in total. The molecule has 0 amide bonds. The molecule has 0 aromatic heterocycles. The molecule has 124 valence electrons. The van der Waals surface area contributed by atoms with Gasteiger partial charge < -0.3 is 0 Å². The Morgan fingerprint density at radius 3 is 0.571 bits per heavy atom. The van der Waals surface area contributed by atoms with E-state index in [0.717, 1.165) is 0 Å². The average Bonchev–Trinajstić information content (AvgIpc) is 2.47. The normalized spacial score (nSPS) is 10.6. The van der Waals surface area contributed by atoms with Crippen LogP contribution in [0.25, 0.3) is 0 Å². The Hall–Kier alpha value is 0.597. The van der Waals surface area contributed by atoms with E-state index in [9.17, 15) is 0 Å². The summed E-state index contributed by atoms with van der Waals surface area (Å²) in [6, 6.07) is 0. The number of hydrogen-bond donors (Lipinski definition) is 0. The average molecular weight is 291 g/mol. The Balaban J connectivity index is 0. The molecule has 0 bridgehead atoms. The molecule has 0 spiro atoms. The van der Waals surface area contributed by atoms with Crippen molar-refractivity contribution in [3.8, 4) is 0 Å². The molecule has 0 saturated heterocycles. The molecule has 0 aliphatic rings. The first kappa shape index (κ1) is 23.9.